The zero-order valence-electron chi connectivity index (χ0n) is 11.0. The molecule has 0 amide bonds. The topological polar surface area (TPSA) is 74.6 Å². The maximum absolute atomic E-state index is 11.5. The van der Waals surface area contributed by atoms with E-state index in [0.29, 0.717) is 12.3 Å². The summed E-state index contributed by atoms with van der Waals surface area (Å²) in [6.07, 6.45) is 3.45. The summed E-state index contributed by atoms with van der Waals surface area (Å²) in [5.41, 5.74) is 0. The van der Waals surface area contributed by atoms with Gasteiger partial charge in [0.1, 0.15) is 0 Å². The minimum Gasteiger partial charge on any atom is -0.481 e. The fourth-order valence-corrected chi connectivity index (χ4v) is 4.41. The number of carboxylic acid groups (broad SMARTS) is 2. The lowest BCUT2D eigenvalue weighted by atomic mass is 9.55. The molecule has 0 radical (unpaired) electrons. The Labute approximate surface area is 107 Å². The molecule has 2 aliphatic rings. The maximum atomic E-state index is 11.5. The van der Waals surface area contributed by atoms with Crippen LogP contribution in [0.5, 0.6) is 0 Å². The summed E-state index contributed by atoms with van der Waals surface area (Å²) in [4.78, 5) is 22.9. The van der Waals surface area contributed by atoms with Gasteiger partial charge in [0.15, 0.2) is 0 Å². The van der Waals surface area contributed by atoms with Gasteiger partial charge in [-0.2, -0.15) is 0 Å². The normalized spacial score (nSPS) is 44.1. The van der Waals surface area contributed by atoms with Crippen LogP contribution in [-0.4, -0.2) is 22.2 Å². The Bertz CT molecular complexity index is 352. The van der Waals surface area contributed by atoms with E-state index in [1.165, 1.54) is 0 Å². The van der Waals surface area contributed by atoms with Crippen molar-refractivity contribution in [2.45, 2.75) is 39.5 Å². The first-order chi connectivity index (χ1) is 8.43. The summed E-state index contributed by atoms with van der Waals surface area (Å²) in [5, 5.41) is 18.8. The summed E-state index contributed by atoms with van der Waals surface area (Å²) in [6.45, 7) is 3.98. The van der Waals surface area contributed by atoms with Crippen molar-refractivity contribution in [2.24, 2.45) is 35.5 Å². The van der Waals surface area contributed by atoms with Crippen molar-refractivity contribution in [3.05, 3.63) is 0 Å². The zero-order chi connectivity index (χ0) is 13.4. The minimum atomic E-state index is -0.741. The molecule has 0 aromatic carbocycles. The van der Waals surface area contributed by atoms with Crippen molar-refractivity contribution in [3.63, 3.8) is 0 Å². The average molecular weight is 254 g/mol. The van der Waals surface area contributed by atoms with E-state index in [4.69, 9.17) is 0 Å². The largest absolute Gasteiger partial charge is 0.481 e. The van der Waals surface area contributed by atoms with Gasteiger partial charge >= 0.3 is 11.9 Å². The van der Waals surface area contributed by atoms with Crippen LogP contribution in [-0.2, 0) is 9.59 Å². The van der Waals surface area contributed by atoms with Crippen molar-refractivity contribution >= 4 is 11.9 Å². The van der Waals surface area contributed by atoms with Gasteiger partial charge in [-0.25, -0.2) is 0 Å². The van der Waals surface area contributed by atoms with Crippen LogP contribution in [0.1, 0.15) is 39.5 Å². The number of aliphatic carboxylic acids is 2. The third-order valence-electron chi connectivity index (χ3n) is 5.12. The van der Waals surface area contributed by atoms with E-state index in [0.717, 1.165) is 19.3 Å². The molecule has 0 aromatic rings. The number of hydrogen-bond donors (Lipinski definition) is 2. The third-order valence-corrected chi connectivity index (χ3v) is 5.12. The summed E-state index contributed by atoms with van der Waals surface area (Å²) in [7, 11) is 0. The van der Waals surface area contributed by atoms with Crippen LogP contribution in [0.2, 0.25) is 0 Å². The molecule has 102 valence electrons. The molecule has 0 aliphatic heterocycles. The molecule has 2 N–H and O–H groups in total. The number of fused-ring (bicyclic) bond motifs is 1. The third kappa shape index (κ3) is 2.13. The fourth-order valence-electron chi connectivity index (χ4n) is 4.41. The second-order valence-electron chi connectivity index (χ2n) is 6.17. The van der Waals surface area contributed by atoms with E-state index < -0.39 is 11.9 Å². The average Bonchev–Trinajstić information content (AvgIpc) is 2.27. The molecule has 4 nitrogen and oxygen atoms in total. The molecule has 2 saturated carbocycles. The molecular formula is C14H22O4. The molecular weight excluding hydrogens is 232 g/mol. The first-order valence-electron chi connectivity index (χ1n) is 6.89. The molecule has 6 atom stereocenters. The van der Waals surface area contributed by atoms with Gasteiger partial charge in [0, 0.05) is 0 Å². The van der Waals surface area contributed by atoms with Gasteiger partial charge in [0.25, 0.3) is 0 Å². The van der Waals surface area contributed by atoms with Crippen molar-refractivity contribution in [1.29, 1.82) is 0 Å². The zero-order valence-corrected chi connectivity index (χ0v) is 11.0. The standard InChI is InChI=1S/C14H22O4/c1-7-4-3-5-9-11(7)10(13(15)16)6-8(2)12(9)14(17)18/h7-12H,3-6H2,1-2H3,(H,15,16)(H,17,18). The second kappa shape index (κ2) is 4.90. The second-order valence-corrected chi connectivity index (χ2v) is 6.17. The van der Waals surface area contributed by atoms with Gasteiger partial charge in [-0.15, -0.1) is 0 Å². The van der Waals surface area contributed by atoms with E-state index in [9.17, 15) is 19.8 Å². The Hall–Kier alpha value is -1.06. The quantitative estimate of drug-likeness (QED) is 0.794. The van der Waals surface area contributed by atoms with Crippen LogP contribution in [0.3, 0.4) is 0 Å². The van der Waals surface area contributed by atoms with E-state index in [2.05, 4.69) is 6.92 Å². The number of carbonyl (C=O) groups is 2. The van der Waals surface area contributed by atoms with Gasteiger partial charge in [0.2, 0.25) is 0 Å². The lowest BCUT2D eigenvalue weighted by molar-refractivity contribution is -0.162. The molecule has 0 aromatic heterocycles. The first-order valence-corrected chi connectivity index (χ1v) is 6.89. The molecule has 0 saturated heterocycles. The fraction of sp³-hybridized carbons (Fsp3) is 0.857. The highest BCUT2D eigenvalue weighted by molar-refractivity contribution is 5.74. The lowest BCUT2D eigenvalue weighted by Gasteiger charge is -2.48. The molecule has 6 unspecified atom stereocenters. The minimum absolute atomic E-state index is 0.0323. The molecule has 4 heteroatoms. The van der Waals surface area contributed by atoms with Gasteiger partial charge < -0.3 is 10.2 Å². The molecule has 0 bridgehead atoms. The summed E-state index contributed by atoms with van der Waals surface area (Å²) < 4.78 is 0. The monoisotopic (exact) mass is 254 g/mol. The lowest BCUT2D eigenvalue weighted by Crippen LogP contribution is -2.49. The van der Waals surface area contributed by atoms with E-state index >= 15 is 0 Å². The predicted molar refractivity (Wildman–Crippen MR) is 66.0 cm³/mol. The number of carboxylic acids is 2. The SMILES string of the molecule is CC1CC(C(=O)O)C2C(C)CCCC2C1C(=O)O. The van der Waals surface area contributed by atoms with E-state index in [1.54, 1.807) is 0 Å². The van der Waals surface area contributed by atoms with Crippen molar-refractivity contribution < 1.29 is 19.8 Å². The van der Waals surface area contributed by atoms with Crippen molar-refractivity contribution in [2.75, 3.05) is 0 Å². The molecule has 0 spiro atoms. The van der Waals surface area contributed by atoms with Crippen LogP contribution < -0.4 is 0 Å². The summed E-state index contributed by atoms with van der Waals surface area (Å²) >= 11 is 0. The highest BCUT2D eigenvalue weighted by Gasteiger charge is 2.51. The first kappa shape index (κ1) is 13.4. The maximum Gasteiger partial charge on any atom is 0.307 e. The van der Waals surface area contributed by atoms with Crippen LogP contribution in [0.25, 0.3) is 0 Å². The molecule has 18 heavy (non-hydrogen) atoms. The Morgan fingerprint density at radius 3 is 2.22 bits per heavy atom. The van der Waals surface area contributed by atoms with Crippen LogP contribution in [0, 0.1) is 35.5 Å². The van der Waals surface area contributed by atoms with Gasteiger partial charge in [-0.1, -0.05) is 26.7 Å². The van der Waals surface area contributed by atoms with Crippen LogP contribution in [0.4, 0.5) is 0 Å². The Morgan fingerprint density at radius 2 is 1.67 bits per heavy atom. The molecule has 2 aliphatic carbocycles. The molecule has 0 heterocycles. The summed E-state index contributed by atoms with van der Waals surface area (Å²) in [6, 6.07) is 0. The Balaban J connectivity index is 2.32. The van der Waals surface area contributed by atoms with Gasteiger partial charge in [-0.05, 0) is 36.5 Å². The Kier molecular flexibility index (Phi) is 3.64. The van der Waals surface area contributed by atoms with Crippen molar-refractivity contribution in [1.82, 2.24) is 0 Å². The van der Waals surface area contributed by atoms with Crippen LogP contribution in [0.15, 0.2) is 0 Å². The van der Waals surface area contributed by atoms with Gasteiger partial charge in [0.05, 0.1) is 11.8 Å². The van der Waals surface area contributed by atoms with E-state index in [-0.39, 0.29) is 29.6 Å². The van der Waals surface area contributed by atoms with Crippen molar-refractivity contribution in [3.8, 4) is 0 Å². The Morgan fingerprint density at radius 1 is 1.00 bits per heavy atom. The number of rotatable bonds is 2. The smallest absolute Gasteiger partial charge is 0.307 e. The highest BCUT2D eigenvalue weighted by atomic mass is 16.4. The molecule has 2 fully saturated rings. The van der Waals surface area contributed by atoms with Gasteiger partial charge in [-0.3, -0.25) is 9.59 Å². The predicted octanol–water partition coefficient (Wildman–Crippen LogP) is 2.48. The van der Waals surface area contributed by atoms with E-state index in [1.807, 2.05) is 6.92 Å². The summed E-state index contributed by atoms with van der Waals surface area (Å²) in [5.74, 6) is -1.78. The molecule has 2 rings (SSSR count). The highest BCUT2D eigenvalue weighted by Crippen LogP contribution is 2.51. The number of hydrogen-bond acceptors (Lipinski definition) is 2. The van der Waals surface area contributed by atoms with Crippen LogP contribution >= 0.6 is 0 Å².